The monoisotopic (exact) mass is 238 g/mol. The first-order valence-electron chi connectivity index (χ1n) is 4.03. The molecule has 0 amide bonds. The van der Waals surface area contributed by atoms with Gasteiger partial charge in [-0.05, 0) is 6.04 Å². The first kappa shape index (κ1) is 12.6. The molecule has 0 saturated carbocycles. The van der Waals surface area contributed by atoms with Gasteiger partial charge in [-0.3, -0.25) is 0 Å². The molecule has 1 unspecified atom stereocenters. The summed E-state index contributed by atoms with van der Waals surface area (Å²) in [7, 11) is -2.92. The van der Waals surface area contributed by atoms with Crippen LogP contribution in [-0.2, 0) is 0 Å². The third-order valence-electron chi connectivity index (χ3n) is 2.74. The minimum absolute atomic E-state index is 0.681. The molecule has 0 fully saturated rings. The molecular formula is C8H16Cl2Si2. The average Bonchev–Trinajstić information content (AvgIpc) is 2.04. The van der Waals surface area contributed by atoms with Crippen LogP contribution in [0.1, 0.15) is 0 Å². The molecule has 4 heteroatoms. The van der Waals surface area contributed by atoms with Gasteiger partial charge in [0, 0.05) is 11.4 Å². The van der Waals surface area contributed by atoms with Crippen LogP contribution >= 0.6 is 23.2 Å². The Balaban J connectivity index is 4.64. The molecule has 0 spiro atoms. The van der Waals surface area contributed by atoms with Crippen LogP contribution in [0.2, 0.25) is 25.7 Å². The van der Waals surface area contributed by atoms with Crippen molar-refractivity contribution < 1.29 is 0 Å². The normalized spacial score (nSPS) is 16.7. The van der Waals surface area contributed by atoms with Crippen LogP contribution in [0.25, 0.3) is 0 Å². The lowest BCUT2D eigenvalue weighted by molar-refractivity contribution is 1.41. The van der Waals surface area contributed by atoms with Gasteiger partial charge in [0.05, 0.1) is 7.59 Å². The molecule has 0 aromatic heterocycles. The van der Waals surface area contributed by atoms with E-state index in [4.69, 9.17) is 29.6 Å². The van der Waals surface area contributed by atoms with Gasteiger partial charge in [0.15, 0.2) is 0 Å². The third kappa shape index (κ3) is 2.53. The van der Waals surface area contributed by atoms with Crippen LogP contribution in [-0.4, -0.2) is 26.6 Å². The number of terminal acetylenes is 1. The molecule has 0 aliphatic heterocycles. The molecule has 1 atom stereocenters. The fourth-order valence-electron chi connectivity index (χ4n) is 0.942. The van der Waals surface area contributed by atoms with Crippen molar-refractivity contribution in [2.75, 3.05) is 11.4 Å². The highest BCUT2D eigenvalue weighted by Crippen LogP contribution is 2.24. The summed E-state index contributed by atoms with van der Waals surface area (Å²) < 4.78 is 0. The zero-order valence-corrected chi connectivity index (χ0v) is 11.5. The Morgan fingerprint density at radius 2 is 1.75 bits per heavy atom. The summed E-state index contributed by atoms with van der Waals surface area (Å²) in [5.74, 6) is 0.681. The van der Waals surface area contributed by atoms with Crippen LogP contribution in [0.15, 0.2) is 0 Å². The average molecular weight is 239 g/mol. The smallest absolute Gasteiger partial charge is 0.128 e. The van der Waals surface area contributed by atoms with Gasteiger partial charge in [0.25, 0.3) is 0 Å². The topological polar surface area (TPSA) is 0 Å². The second kappa shape index (κ2) is 4.71. The van der Waals surface area contributed by atoms with Crippen LogP contribution in [0.5, 0.6) is 0 Å². The largest absolute Gasteiger partial charge is 0.138 e. The zero-order chi connectivity index (χ0) is 9.83. The van der Waals surface area contributed by atoms with Crippen molar-refractivity contribution in [2.45, 2.75) is 25.7 Å². The number of alkyl halides is 2. The lowest BCUT2D eigenvalue weighted by Crippen LogP contribution is -2.58. The number of halogens is 2. The molecular weight excluding hydrogens is 223 g/mol. The fraction of sp³-hybridized carbons (Fsp3) is 0.750. The van der Waals surface area contributed by atoms with Gasteiger partial charge in [-0.25, -0.2) is 0 Å². The summed E-state index contributed by atoms with van der Waals surface area (Å²) in [6.45, 7) is 6.79. The second-order valence-corrected chi connectivity index (χ2v) is 20.0. The minimum atomic E-state index is -1.55. The predicted octanol–water partition coefficient (Wildman–Crippen LogP) is 3.04. The Morgan fingerprint density at radius 3 is 2.00 bits per heavy atom. The second-order valence-electron chi connectivity index (χ2n) is 3.93. The Hall–Kier alpha value is 0.574. The minimum Gasteiger partial charge on any atom is -0.138 e. The molecule has 70 valence electrons. The SMILES string of the molecule is C#C[Si](C)(CCCl)[Si](C)(C)CCl. The van der Waals surface area contributed by atoms with Crippen molar-refractivity contribution in [3.8, 4) is 12.0 Å². The van der Waals surface area contributed by atoms with Gasteiger partial charge in [-0.15, -0.1) is 35.2 Å². The summed E-state index contributed by atoms with van der Waals surface area (Å²) in [6.07, 6.45) is 5.58. The van der Waals surface area contributed by atoms with Crippen LogP contribution in [0.4, 0.5) is 0 Å². The van der Waals surface area contributed by atoms with Crippen molar-refractivity contribution in [1.82, 2.24) is 0 Å². The molecule has 0 heterocycles. The summed E-state index contributed by atoms with van der Waals surface area (Å²) >= 11 is 11.7. The third-order valence-corrected chi connectivity index (χ3v) is 22.1. The van der Waals surface area contributed by atoms with E-state index >= 15 is 0 Å². The standard InChI is InChI=1S/C8H16Cl2Si2/c1-5-12(4,7-6-9)11(2,3)8-10/h1H,6-8H2,2-4H3. The molecule has 0 saturated heterocycles. The number of rotatable bonds is 4. The predicted molar refractivity (Wildman–Crippen MR) is 64.2 cm³/mol. The fourth-order valence-corrected chi connectivity index (χ4v) is 11.6. The summed E-state index contributed by atoms with van der Waals surface area (Å²) in [5, 5.41) is 0. The van der Waals surface area contributed by atoms with Crippen LogP contribution in [0, 0.1) is 12.0 Å². The van der Waals surface area contributed by atoms with E-state index in [9.17, 15) is 0 Å². The van der Waals surface area contributed by atoms with E-state index in [1.54, 1.807) is 0 Å². The molecule has 0 aliphatic carbocycles. The maximum Gasteiger partial charge on any atom is 0.128 e. The van der Waals surface area contributed by atoms with Gasteiger partial charge in [0.2, 0.25) is 0 Å². The van der Waals surface area contributed by atoms with E-state index in [1.807, 2.05) is 0 Å². The van der Waals surface area contributed by atoms with E-state index in [2.05, 4.69) is 25.2 Å². The van der Waals surface area contributed by atoms with Crippen LogP contribution < -0.4 is 0 Å². The molecule has 12 heavy (non-hydrogen) atoms. The Kier molecular flexibility index (Phi) is 4.94. The van der Waals surface area contributed by atoms with Crippen molar-refractivity contribution in [3.05, 3.63) is 0 Å². The maximum atomic E-state index is 5.95. The Morgan fingerprint density at radius 1 is 1.25 bits per heavy atom. The molecule has 0 aliphatic rings. The highest BCUT2D eigenvalue weighted by molar-refractivity contribution is 7.45. The van der Waals surface area contributed by atoms with E-state index < -0.39 is 15.2 Å². The van der Waals surface area contributed by atoms with E-state index in [-0.39, 0.29) is 0 Å². The van der Waals surface area contributed by atoms with Gasteiger partial charge < -0.3 is 0 Å². The first-order chi connectivity index (χ1) is 5.43. The van der Waals surface area contributed by atoms with Gasteiger partial charge in [-0.1, -0.05) is 19.6 Å². The van der Waals surface area contributed by atoms with Gasteiger partial charge >= 0.3 is 0 Å². The molecule has 0 N–H and O–H groups in total. The van der Waals surface area contributed by atoms with Gasteiger partial charge in [0.1, 0.15) is 7.59 Å². The molecule has 0 rings (SSSR count). The van der Waals surface area contributed by atoms with Gasteiger partial charge in [-0.2, -0.15) is 0 Å². The quantitative estimate of drug-likeness (QED) is 0.402. The van der Waals surface area contributed by atoms with Crippen molar-refractivity contribution in [3.63, 3.8) is 0 Å². The lowest BCUT2D eigenvalue weighted by atomic mass is 11.0. The highest BCUT2D eigenvalue weighted by Gasteiger charge is 2.42. The summed E-state index contributed by atoms with van der Waals surface area (Å²) in [6, 6.07) is 1.01. The Bertz CT molecular complexity index is 186. The molecule has 0 radical (unpaired) electrons. The maximum absolute atomic E-state index is 5.95. The van der Waals surface area contributed by atoms with Crippen molar-refractivity contribution >= 4 is 38.4 Å². The van der Waals surface area contributed by atoms with E-state index in [0.29, 0.717) is 5.88 Å². The number of hydrogen-bond donors (Lipinski definition) is 0. The molecule has 0 bridgehead atoms. The van der Waals surface area contributed by atoms with Crippen molar-refractivity contribution in [1.29, 1.82) is 0 Å². The molecule has 0 nitrogen and oxygen atoms in total. The number of hydrogen-bond acceptors (Lipinski definition) is 0. The molecule has 0 aromatic rings. The highest BCUT2D eigenvalue weighted by atomic mass is 35.5. The van der Waals surface area contributed by atoms with Crippen LogP contribution in [0.3, 0.4) is 0 Å². The Labute approximate surface area is 87.5 Å². The first-order valence-corrected chi connectivity index (χ1v) is 12.0. The van der Waals surface area contributed by atoms with Crippen molar-refractivity contribution in [2.24, 2.45) is 0 Å². The molecule has 0 aromatic carbocycles. The zero-order valence-electron chi connectivity index (χ0n) is 7.95. The lowest BCUT2D eigenvalue weighted by Gasteiger charge is -2.34. The van der Waals surface area contributed by atoms with E-state index in [1.165, 1.54) is 0 Å². The van der Waals surface area contributed by atoms with E-state index in [0.717, 1.165) is 11.5 Å². The summed E-state index contributed by atoms with van der Waals surface area (Å²) in [4.78, 5) is 0. The summed E-state index contributed by atoms with van der Waals surface area (Å²) in [5.41, 5.74) is 3.76.